The van der Waals surface area contributed by atoms with Gasteiger partial charge in [0.25, 0.3) is 5.56 Å². The normalized spacial score (nSPS) is 19.7. The van der Waals surface area contributed by atoms with E-state index in [1.807, 2.05) is 11.6 Å². The van der Waals surface area contributed by atoms with Gasteiger partial charge in [0, 0.05) is 26.3 Å². The lowest BCUT2D eigenvalue weighted by Crippen LogP contribution is -2.54. The summed E-state index contributed by atoms with van der Waals surface area (Å²) in [4.78, 5) is 22.4. The van der Waals surface area contributed by atoms with Crippen LogP contribution in [0.3, 0.4) is 0 Å². The van der Waals surface area contributed by atoms with Gasteiger partial charge in [0.2, 0.25) is 0 Å². The van der Waals surface area contributed by atoms with E-state index in [-0.39, 0.29) is 35.3 Å². The largest absolute Gasteiger partial charge is 0.485 e. The van der Waals surface area contributed by atoms with E-state index in [0.717, 1.165) is 12.8 Å². The monoisotopic (exact) mass is 413 g/mol. The van der Waals surface area contributed by atoms with Gasteiger partial charge >= 0.3 is 0 Å². The molecule has 2 fully saturated rings. The molecule has 8 nitrogen and oxygen atoms in total. The van der Waals surface area contributed by atoms with E-state index >= 15 is 0 Å². The van der Waals surface area contributed by atoms with E-state index in [1.165, 1.54) is 6.07 Å². The Balaban J connectivity index is 1.32. The van der Waals surface area contributed by atoms with Crippen LogP contribution in [-0.4, -0.2) is 57.1 Å². The van der Waals surface area contributed by atoms with Gasteiger partial charge in [-0.15, -0.1) is 0 Å². The molecule has 2 saturated heterocycles. The number of hydrogen-bond acceptors (Lipinski definition) is 6. The minimum atomic E-state index is -0.359. The third-order valence-corrected chi connectivity index (χ3v) is 5.97. The average molecular weight is 413 g/mol. The van der Waals surface area contributed by atoms with Crippen molar-refractivity contribution in [3.8, 4) is 5.75 Å². The molecule has 4 heterocycles. The number of H-pyrrole nitrogens is 1. The summed E-state index contributed by atoms with van der Waals surface area (Å²) in [5.74, 6) is 0.510. The number of rotatable bonds is 5. The van der Waals surface area contributed by atoms with Crippen LogP contribution in [0.25, 0.3) is 11.0 Å². The molecule has 5 rings (SSSR count). The molecule has 1 atom stereocenters. The molecule has 9 heteroatoms. The lowest BCUT2D eigenvalue weighted by molar-refractivity contribution is -0.00918. The van der Waals surface area contributed by atoms with Crippen molar-refractivity contribution in [2.24, 2.45) is 0 Å². The quantitative estimate of drug-likeness (QED) is 0.692. The molecular formula is C21H24FN5O3. The Hall–Kier alpha value is -2.78. The molecule has 158 valence electrons. The first-order chi connectivity index (χ1) is 14.6. The molecule has 1 N–H and O–H groups in total. The van der Waals surface area contributed by atoms with E-state index in [2.05, 4.69) is 15.0 Å². The Kier molecular flexibility index (Phi) is 5.00. The maximum absolute atomic E-state index is 13.8. The summed E-state index contributed by atoms with van der Waals surface area (Å²) >= 11 is 0. The first-order valence-electron chi connectivity index (χ1n) is 10.3. The molecule has 30 heavy (non-hydrogen) atoms. The first kappa shape index (κ1) is 19.2. The lowest BCUT2D eigenvalue weighted by Gasteiger charge is -2.42. The number of benzene rings is 1. The van der Waals surface area contributed by atoms with Gasteiger partial charge in [-0.25, -0.2) is 14.1 Å². The van der Waals surface area contributed by atoms with Crippen LogP contribution < -0.4 is 10.3 Å². The summed E-state index contributed by atoms with van der Waals surface area (Å²) in [5, 5.41) is 4.94. The topological polar surface area (TPSA) is 85.3 Å². The van der Waals surface area contributed by atoms with Crippen LogP contribution in [0.4, 0.5) is 4.39 Å². The van der Waals surface area contributed by atoms with Crippen LogP contribution in [0.5, 0.6) is 5.75 Å². The highest BCUT2D eigenvalue weighted by Crippen LogP contribution is 2.28. The second-order valence-corrected chi connectivity index (χ2v) is 7.92. The molecule has 0 radical (unpaired) electrons. The van der Waals surface area contributed by atoms with Crippen molar-refractivity contribution < 1.29 is 13.9 Å². The number of aromatic nitrogens is 4. The highest BCUT2D eigenvalue weighted by Gasteiger charge is 2.34. The van der Waals surface area contributed by atoms with Gasteiger partial charge in [-0.1, -0.05) is 12.1 Å². The molecular weight excluding hydrogens is 389 g/mol. The van der Waals surface area contributed by atoms with E-state index in [1.54, 1.807) is 24.4 Å². The average Bonchev–Trinajstić information content (AvgIpc) is 3.16. The first-order valence-corrected chi connectivity index (χ1v) is 10.3. The fraction of sp³-hybridized carbons (Fsp3) is 0.476. The van der Waals surface area contributed by atoms with E-state index < -0.39 is 0 Å². The Morgan fingerprint density at radius 2 is 2.03 bits per heavy atom. The number of ether oxygens (including phenoxy) is 2. The van der Waals surface area contributed by atoms with Gasteiger partial charge in [0.1, 0.15) is 17.3 Å². The molecule has 0 amide bonds. The minimum absolute atomic E-state index is 0.0902. The summed E-state index contributed by atoms with van der Waals surface area (Å²) < 4.78 is 26.8. The SMILES string of the molecule is CC(c1nc2c(cnn2C2CCOCC2)c(=O)[nH]1)N1CC(Oc2ccccc2F)C1. The fourth-order valence-electron chi connectivity index (χ4n) is 4.10. The van der Waals surface area contributed by atoms with Gasteiger partial charge in [-0.2, -0.15) is 5.10 Å². The van der Waals surface area contributed by atoms with Crippen molar-refractivity contribution in [2.45, 2.75) is 38.0 Å². The standard InChI is InChI=1S/C21H24FN5O3/c1-13(26-11-15(12-26)30-18-5-3-2-4-17(18)22)19-24-20-16(21(28)25-19)10-23-27(20)14-6-8-29-9-7-14/h2-5,10,13-15H,6-9,11-12H2,1H3,(H,24,25,28). The zero-order valence-corrected chi connectivity index (χ0v) is 16.8. The van der Waals surface area contributed by atoms with Crippen molar-refractivity contribution in [1.82, 2.24) is 24.6 Å². The van der Waals surface area contributed by atoms with Crippen LogP contribution in [0, 0.1) is 5.82 Å². The minimum Gasteiger partial charge on any atom is -0.485 e. The molecule has 0 bridgehead atoms. The molecule has 3 aromatic rings. The Bertz CT molecular complexity index is 1100. The van der Waals surface area contributed by atoms with Crippen LogP contribution >= 0.6 is 0 Å². The molecule has 1 unspecified atom stereocenters. The van der Waals surface area contributed by atoms with Gasteiger partial charge in [0.15, 0.2) is 17.2 Å². The highest BCUT2D eigenvalue weighted by molar-refractivity contribution is 5.73. The van der Waals surface area contributed by atoms with Crippen molar-refractivity contribution in [3.05, 3.63) is 52.5 Å². The highest BCUT2D eigenvalue weighted by atomic mass is 19.1. The number of likely N-dealkylation sites (tertiary alicyclic amines) is 1. The summed E-state index contributed by atoms with van der Waals surface area (Å²) in [5.41, 5.74) is 0.437. The van der Waals surface area contributed by atoms with E-state index in [0.29, 0.717) is 43.2 Å². The Morgan fingerprint density at radius 1 is 1.27 bits per heavy atom. The number of aromatic amines is 1. The van der Waals surface area contributed by atoms with Gasteiger partial charge in [0.05, 0.1) is 18.3 Å². The summed E-state index contributed by atoms with van der Waals surface area (Å²) in [6.07, 6.45) is 3.22. The molecule has 0 spiro atoms. The summed E-state index contributed by atoms with van der Waals surface area (Å²) in [7, 11) is 0. The van der Waals surface area contributed by atoms with Gasteiger partial charge in [-0.05, 0) is 31.9 Å². The molecule has 0 saturated carbocycles. The van der Waals surface area contributed by atoms with Crippen LogP contribution in [-0.2, 0) is 4.74 Å². The zero-order valence-electron chi connectivity index (χ0n) is 16.8. The predicted molar refractivity (Wildman–Crippen MR) is 108 cm³/mol. The molecule has 0 aliphatic carbocycles. The fourth-order valence-corrected chi connectivity index (χ4v) is 4.10. The van der Waals surface area contributed by atoms with Crippen LogP contribution in [0.15, 0.2) is 35.3 Å². The van der Waals surface area contributed by atoms with E-state index in [9.17, 15) is 9.18 Å². The summed E-state index contributed by atoms with van der Waals surface area (Å²) in [6, 6.07) is 6.51. The number of halogens is 1. The number of hydrogen-bond donors (Lipinski definition) is 1. The predicted octanol–water partition coefficient (Wildman–Crippen LogP) is 2.43. The molecule has 2 aliphatic heterocycles. The number of fused-ring (bicyclic) bond motifs is 1. The maximum Gasteiger partial charge on any atom is 0.262 e. The van der Waals surface area contributed by atoms with Crippen molar-refractivity contribution in [2.75, 3.05) is 26.3 Å². The van der Waals surface area contributed by atoms with Crippen LogP contribution in [0.1, 0.15) is 37.7 Å². The van der Waals surface area contributed by atoms with Gasteiger partial charge < -0.3 is 14.5 Å². The molecule has 2 aromatic heterocycles. The number of nitrogens with one attached hydrogen (secondary N) is 1. The van der Waals surface area contributed by atoms with Crippen LogP contribution in [0.2, 0.25) is 0 Å². The van der Waals surface area contributed by atoms with E-state index in [4.69, 9.17) is 14.5 Å². The molecule has 2 aliphatic rings. The number of nitrogens with zero attached hydrogens (tertiary/aromatic N) is 4. The van der Waals surface area contributed by atoms with Gasteiger partial charge in [-0.3, -0.25) is 9.69 Å². The lowest BCUT2D eigenvalue weighted by atomic mass is 10.1. The maximum atomic E-state index is 13.8. The Morgan fingerprint density at radius 3 is 2.80 bits per heavy atom. The van der Waals surface area contributed by atoms with Crippen molar-refractivity contribution in [1.29, 1.82) is 0 Å². The Labute approximate surface area is 172 Å². The second kappa shape index (κ2) is 7.81. The summed E-state index contributed by atoms with van der Waals surface area (Å²) in [6.45, 7) is 4.65. The zero-order chi connectivity index (χ0) is 20.7. The third-order valence-electron chi connectivity index (χ3n) is 5.97. The smallest absolute Gasteiger partial charge is 0.262 e. The molecule has 1 aromatic carbocycles. The third kappa shape index (κ3) is 3.48. The van der Waals surface area contributed by atoms with Crippen molar-refractivity contribution >= 4 is 11.0 Å². The second-order valence-electron chi connectivity index (χ2n) is 7.92. The number of para-hydroxylation sites is 1. The van der Waals surface area contributed by atoms with Crippen molar-refractivity contribution in [3.63, 3.8) is 0 Å².